The molecule has 0 aliphatic rings. The van der Waals surface area contributed by atoms with Crippen molar-refractivity contribution in [3.05, 3.63) is 40.2 Å². The van der Waals surface area contributed by atoms with Crippen LogP contribution in [0, 0.1) is 0 Å². The monoisotopic (exact) mass is 233 g/mol. The van der Waals surface area contributed by atoms with Gasteiger partial charge in [0.25, 0.3) is 5.56 Å². The average molecular weight is 233 g/mol. The molecule has 1 N–H and O–H groups in total. The summed E-state index contributed by atoms with van der Waals surface area (Å²) in [7, 11) is 2.78. The third-order valence-corrected chi connectivity index (χ3v) is 2.46. The highest BCUT2D eigenvalue weighted by molar-refractivity contribution is 5.93. The minimum absolute atomic E-state index is 0.00910. The average Bonchev–Trinajstić information content (AvgIpc) is 2.36. The number of carbonyl (C=O) groups excluding carboxylic acids is 1. The van der Waals surface area contributed by atoms with Crippen molar-refractivity contribution in [2.45, 2.75) is 0 Å². The lowest BCUT2D eigenvalue weighted by Crippen LogP contribution is -2.18. The number of rotatable bonds is 2. The highest BCUT2D eigenvalue weighted by Gasteiger charge is 2.11. The summed E-state index contributed by atoms with van der Waals surface area (Å²) in [6.07, 6.45) is 0. The Kier molecular flexibility index (Phi) is 2.82. The van der Waals surface area contributed by atoms with Crippen LogP contribution < -0.4 is 10.3 Å². The number of esters is 1. The number of H-pyrrole nitrogens is 1. The minimum Gasteiger partial charge on any atom is -0.497 e. The summed E-state index contributed by atoms with van der Waals surface area (Å²) in [5.74, 6) is -0.0112. The van der Waals surface area contributed by atoms with Crippen LogP contribution in [0.1, 0.15) is 10.4 Å². The summed E-state index contributed by atoms with van der Waals surface area (Å²) in [5.41, 5.74) is 0.129. The van der Waals surface area contributed by atoms with E-state index in [4.69, 9.17) is 4.74 Å². The topological polar surface area (TPSA) is 68.4 Å². The van der Waals surface area contributed by atoms with Gasteiger partial charge in [0.2, 0.25) is 0 Å². The van der Waals surface area contributed by atoms with Crippen molar-refractivity contribution in [1.29, 1.82) is 0 Å². The summed E-state index contributed by atoms with van der Waals surface area (Å²) in [6, 6.07) is 6.70. The smallest absolute Gasteiger partial charge is 0.343 e. The first-order valence-corrected chi connectivity index (χ1v) is 4.95. The molecule has 1 aromatic heterocycles. The molecule has 0 aliphatic carbocycles. The number of aromatic nitrogens is 1. The van der Waals surface area contributed by atoms with Gasteiger partial charge in [-0.2, -0.15) is 0 Å². The van der Waals surface area contributed by atoms with Crippen LogP contribution in [0.2, 0.25) is 0 Å². The molecule has 1 aromatic carbocycles. The van der Waals surface area contributed by atoms with Gasteiger partial charge < -0.3 is 14.5 Å². The molecule has 0 atom stereocenters. The molecule has 5 nitrogen and oxygen atoms in total. The number of ether oxygens (including phenoxy) is 2. The molecule has 1 heterocycles. The maximum Gasteiger partial charge on any atom is 0.343 e. The molecule has 88 valence electrons. The molecular formula is C12H11NO4. The lowest BCUT2D eigenvalue weighted by molar-refractivity contribution is 0.0599. The number of pyridine rings is 1. The van der Waals surface area contributed by atoms with E-state index in [-0.39, 0.29) is 5.56 Å². The van der Waals surface area contributed by atoms with E-state index in [1.807, 2.05) is 0 Å². The number of benzene rings is 1. The van der Waals surface area contributed by atoms with Crippen molar-refractivity contribution in [2.75, 3.05) is 14.2 Å². The standard InChI is InChI=1S/C12H11NO4/c1-16-8-4-3-7-5-9(12(15)17-2)11(14)13-10(7)6-8/h3-6H,1-2H3,(H,13,14). The molecule has 17 heavy (non-hydrogen) atoms. The lowest BCUT2D eigenvalue weighted by atomic mass is 10.1. The Balaban J connectivity index is 2.66. The van der Waals surface area contributed by atoms with Gasteiger partial charge in [0, 0.05) is 6.07 Å². The minimum atomic E-state index is -0.649. The molecular weight excluding hydrogens is 222 g/mol. The van der Waals surface area contributed by atoms with Crippen molar-refractivity contribution >= 4 is 16.9 Å². The zero-order valence-electron chi connectivity index (χ0n) is 9.44. The SMILES string of the molecule is COC(=O)c1cc2ccc(OC)cc2[nH]c1=O. The highest BCUT2D eigenvalue weighted by atomic mass is 16.5. The fourth-order valence-corrected chi connectivity index (χ4v) is 1.57. The van der Waals surface area contributed by atoms with Gasteiger partial charge in [-0.15, -0.1) is 0 Å². The second-order valence-electron chi connectivity index (χ2n) is 3.46. The van der Waals surface area contributed by atoms with E-state index in [9.17, 15) is 9.59 Å². The van der Waals surface area contributed by atoms with Gasteiger partial charge in [0.15, 0.2) is 0 Å². The van der Waals surface area contributed by atoms with Crippen LogP contribution >= 0.6 is 0 Å². The predicted octanol–water partition coefficient (Wildman–Crippen LogP) is 1.32. The van der Waals surface area contributed by atoms with Crippen LogP contribution in [-0.2, 0) is 4.74 Å². The van der Waals surface area contributed by atoms with E-state index < -0.39 is 11.5 Å². The van der Waals surface area contributed by atoms with Gasteiger partial charge in [-0.25, -0.2) is 4.79 Å². The summed E-state index contributed by atoms with van der Waals surface area (Å²) < 4.78 is 9.57. The Morgan fingerprint density at radius 1 is 1.24 bits per heavy atom. The third-order valence-electron chi connectivity index (χ3n) is 2.46. The Hall–Kier alpha value is -2.30. The number of hydrogen-bond acceptors (Lipinski definition) is 4. The van der Waals surface area contributed by atoms with Crippen LogP contribution in [-0.4, -0.2) is 25.2 Å². The molecule has 0 fully saturated rings. The maximum absolute atomic E-state index is 11.6. The van der Waals surface area contributed by atoms with Crippen molar-refractivity contribution in [2.24, 2.45) is 0 Å². The van der Waals surface area contributed by atoms with E-state index in [1.54, 1.807) is 25.3 Å². The number of methoxy groups -OCH3 is 2. The van der Waals surface area contributed by atoms with Gasteiger partial charge in [0.1, 0.15) is 11.3 Å². The van der Waals surface area contributed by atoms with Crippen LogP contribution in [0.15, 0.2) is 29.1 Å². The van der Waals surface area contributed by atoms with Crippen molar-refractivity contribution < 1.29 is 14.3 Å². The number of fused-ring (bicyclic) bond motifs is 1. The third kappa shape index (κ3) is 1.99. The van der Waals surface area contributed by atoms with Crippen LogP contribution in [0.4, 0.5) is 0 Å². The first-order valence-electron chi connectivity index (χ1n) is 4.95. The van der Waals surface area contributed by atoms with Gasteiger partial charge >= 0.3 is 5.97 Å². The molecule has 0 unspecified atom stereocenters. The van der Waals surface area contributed by atoms with E-state index in [0.717, 1.165) is 5.39 Å². The van der Waals surface area contributed by atoms with Crippen LogP contribution in [0.3, 0.4) is 0 Å². The normalized spacial score (nSPS) is 10.2. The summed E-state index contributed by atoms with van der Waals surface area (Å²) in [6.45, 7) is 0. The molecule has 2 aromatic rings. The van der Waals surface area contributed by atoms with Crippen molar-refractivity contribution in [3.8, 4) is 5.75 Å². The van der Waals surface area contributed by atoms with Gasteiger partial charge in [-0.3, -0.25) is 4.79 Å². The summed E-state index contributed by atoms with van der Waals surface area (Å²) >= 11 is 0. The lowest BCUT2D eigenvalue weighted by Gasteiger charge is -2.04. The second kappa shape index (κ2) is 4.29. The summed E-state index contributed by atoms with van der Waals surface area (Å²) in [4.78, 5) is 25.6. The second-order valence-corrected chi connectivity index (χ2v) is 3.46. The Labute approximate surface area is 97.0 Å². The molecule has 0 bridgehead atoms. The van der Waals surface area contributed by atoms with Crippen LogP contribution in [0.5, 0.6) is 5.75 Å². The molecule has 0 saturated carbocycles. The summed E-state index contributed by atoms with van der Waals surface area (Å²) in [5, 5.41) is 0.741. The first-order chi connectivity index (χ1) is 8.15. The molecule has 5 heteroatoms. The fraction of sp³-hybridized carbons (Fsp3) is 0.167. The van der Waals surface area contributed by atoms with Crippen molar-refractivity contribution in [3.63, 3.8) is 0 Å². The Morgan fingerprint density at radius 2 is 2.00 bits per heavy atom. The quantitative estimate of drug-likeness (QED) is 0.794. The van der Waals surface area contributed by atoms with Crippen LogP contribution in [0.25, 0.3) is 10.9 Å². The number of nitrogens with one attached hydrogen (secondary N) is 1. The van der Waals surface area contributed by atoms with E-state index in [2.05, 4.69) is 9.72 Å². The van der Waals surface area contributed by atoms with Gasteiger partial charge in [0.05, 0.1) is 19.7 Å². The number of hydrogen-bond donors (Lipinski definition) is 1. The zero-order chi connectivity index (χ0) is 12.4. The van der Waals surface area contributed by atoms with E-state index in [1.165, 1.54) is 13.2 Å². The molecule has 0 saturated heterocycles. The Bertz CT molecular complexity index is 630. The highest BCUT2D eigenvalue weighted by Crippen LogP contribution is 2.18. The molecule has 0 spiro atoms. The predicted molar refractivity (Wildman–Crippen MR) is 62.5 cm³/mol. The fourth-order valence-electron chi connectivity index (χ4n) is 1.57. The molecule has 0 aliphatic heterocycles. The zero-order valence-corrected chi connectivity index (χ0v) is 9.44. The molecule has 2 rings (SSSR count). The Morgan fingerprint density at radius 3 is 2.65 bits per heavy atom. The number of aromatic amines is 1. The molecule has 0 radical (unpaired) electrons. The first kappa shape index (κ1) is 11.2. The van der Waals surface area contributed by atoms with E-state index in [0.29, 0.717) is 11.3 Å². The van der Waals surface area contributed by atoms with E-state index >= 15 is 0 Å². The van der Waals surface area contributed by atoms with Gasteiger partial charge in [-0.05, 0) is 23.6 Å². The maximum atomic E-state index is 11.6. The molecule has 0 amide bonds. The van der Waals surface area contributed by atoms with Gasteiger partial charge in [-0.1, -0.05) is 0 Å². The van der Waals surface area contributed by atoms with Crippen molar-refractivity contribution in [1.82, 2.24) is 4.98 Å². The number of carbonyl (C=O) groups is 1. The largest absolute Gasteiger partial charge is 0.497 e.